The highest BCUT2D eigenvalue weighted by atomic mass is 16.5. The molecule has 5 unspecified atom stereocenters. The highest BCUT2D eigenvalue weighted by Gasteiger charge is 2.54. The van der Waals surface area contributed by atoms with Gasteiger partial charge in [-0.15, -0.1) is 6.58 Å². The van der Waals surface area contributed by atoms with Crippen LogP contribution in [-0.2, 0) is 19.7 Å². The molecule has 4 aromatic rings. The first-order valence-corrected chi connectivity index (χ1v) is 15.4. The molecule has 0 amide bonds. The molecule has 0 saturated carbocycles. The normalized spacial score (nSPS) is 23.2. The molecule has 5 atom stereocenters. The van der Waals surface area contributed by atoms with Gasteiger partial charge in [-0.25, -0.2) is 0 Å². The van der Waals surface area contributed by atoms with Gasteiger partial charge in [0.05, 0.1) is 30.6 Å². The van der Waals surface area contributed by atoms with Gasteiger partial charge in [-0.3, -0.25) is 0 Å². The first kappa shape index (κ1) is 30.4. The lowest BCUT2D eigenvalue weighted by Crippen LogP contribution is -2.67. The van der Waals surface area contributed by atoms with E-state index >= 15 is 0 Å². The van der Waals surface area contributed by atoms with Gasteiger partial charge in [0.25, 0.3) is 0 Å². The second-order valence-corrected chi connectivity index (χ2v) is 12.1. The van der Waals surface area contributed by atoms with Crippen molar-refractivity contribution in [3.8, 4) is 11.5 Å². The minimum atomic E-state index is -0.725. The Morgan fingerprint density at radius 3 is 2.39 bits per heavy atom. The number of rotatable bonds is 12. The smallest absolute Gasteiger partial charge is 0.504 e. The zero-order valence-corrected chi connectivity index (χ0v) is 25.0. The molecule has 3 aromatic carbocycles. The van der Waals surface area contributed by atoms with Crippen molar-refractivity contribution in [1.29, 1.82) is 0 Å². The van der Waals surface area contributed by atoms with Gasteiger partial charge in [0.15, 0.2) is 12.7 Å². The number of nitrogens with zero attached hydrogens (tertiary/aromatic N) is 2. The maximum Gasteiger partial charge on any atom is 0.504 e. The number of piperidine rings is 3. The highest BCUT2D eigenvalue weighted by molar-refractivity contribution is 6.17. The summed E-state index contributed by atoms with van der Waals surface area (Å²) in [6, 6.07) is 23.4. The number of benzene rings is 3. The summed E-state index contributed by atoms with van der Waals surface area (Å²) in [6.07, 6.45) is 5.32. The second-order valence-electron chi connectivity index (χ2n) is 12.1. The number of quaternary nitrogens is 1. The molecule has 8 nitrogen and oxygen atoms in total. The van der Waals surface area contributed by atoms with Crippen LogP contribution in [-0.4, -0.2) is 59.2 Å². The fourth-order valence-electron chi connectivity index (χ4n) is 7.69. The lowest BCUT2D eigenvalue weighted by atomic mass is 9.71. The van der Waals surface area contributed by atoms with Crippen LogP contribution in [0.15, 0.2) is 91.6 Å². The van der Waals surface area contributed by atoms with E-state index < -0.39 is 13.8 Å². The Morgan fingerprint density at radius 1 is 0.977 bits per heavy atom. The van der Waals surface area contributed by atoms with E-state index in [0.29, 0.717) is 36.4 Å². The van der Waals surface area contributed by atoms with Gasteiger partial charge in [0.1, 0.15) is 30.2 Å². The van der Waals surface area contributed by atoms with Crippen molar-refractivity contribution < 1.29 is 38.6 Å². The number of fused-ring (bicyclic) bond motifs is 4. The van der Waals surface area contributed by atoms with Crippen LogP contribution in [0.5, 0.6) is 11.5 Å². The van der Waals surface area contributed by atoms with E-state index in [4.69, 9.17) is 9.31 Å². The third-order valence-electron chi connectivity index (χ3n) is 9.87. The molecule has 3 fully saturated rings. The van der Waals surface area contributed by atoms with Crippen molar-refractivity contribution in [2.45, 2.75) is 44.7 Å². The van der Waals surface area contributed by atoms with Crippen molar-refractivity contribution >= 4 is 26.3 Å². The molecule has 0 spiro atoms. The van der Waals surface area contributed by atoms with E-state index in [2.05, 4.69) is 23.3 Å². The fraction of sp³-hybridized carbons (Fsp3) is 0.324. The topological polar surface area (TPSA) is 103 Å². The largest absolute Gasteiger partial charge is 0.538 e. The van der Waals surface area contributed by atoms with Crippen LogP contribution in [0.4, 0.5) is 0 Å². The van der Waals surface area contributed by atoms with Crippen molar-refractivity contribution in [3.63, 3.8) is 0 Å². The van der Waals surface area contributed by atoms with Gasteiger partial charge in [0.2, 0.25) is 5.52 Å². The summed E-state index contributed by atoms with van der Waals surface area (Å²) in [5.41, 5.74) is 4.49. The molecule has 7 rings (SSSR count). The van der Waals surface area contributed by atoms with Gasteiger partial charge in [-0.05, 0) is 41.8 Å². The van der Waals surface area contributed by atoms with E-state index in [9.17, 15) is 20.3 Å². The van der Waals surface area contributed by atoms with Crippen LogP contribution in [0, 0.1) is 11.8 Å². The maximum absolute atomic E-state index is 12.3. The molecular weight excluding hydrogens is 554 g/mol. The number of aliphatic hydroxyl groups is 2. The lowest BCUT2D eigenvalue weighted by molar-refractivity contribution is -0.984. The minimum absolute atomic E-state index is 0.0395. The predicted octanol–water partition coefficient (Wildman–Crippen LogP) is 2.59. The quantitative estimate of drug-likeness (QED) is 0.0871. The first-order valence-electron chi connectivity index (χ1n) is 15.4. The maximum atomic E-state index is 12.3. The van der Waals surface area contributed by atoms with Crippen LogP contribution in [0.1, 0.15) is 41.2 Å². The molecule has 10 heteroatoms. The lowest BCUT2D eigenvalue weighted by Gasteiger charge is -2.58. The molecule has 1 aromatic heterocycles. The van der Waals surface area contributed by atoms with Crippen LogP contribution < -0.4 is 13.9 Å². The number of aliphatic hydroxyl groups excluding tert-OH is 2. The summed E-state index contributed by atoms with van der Waals surface area (Å²) < 4.78 is 13.9. The van der Waals surface area contributed by atoms with Crippen LogP contribution in [0.2, 0.25) is 0 Å². The number of pyridine rings is 1. The highest BCUT2D eigenvalue weighted by Crippen LogP contribution is 2.48. The Morgan fingerprint density at radius 2 is 1.68 bits per heavy atom. The molecule has 4 heterocycles. The van der Waals surface area contributed by atoms with Gasteiger partial charge in [0, 0.05) is 42.0 Å². The zero-order valence-electron chi connectivity index (χ0n) is 25.0. The number of para-hydroxylation sites is 2. The third kappa shape index (κ3) is 5.76. The summed E-state index contributed by atoms with van der Waals surface area (Å²) in [6.45, 7) is 7.10. The molecule has 3 aliphatic heterocycles. The summed E-state index contributed by atoms with van der Waals surface area (Å²) >= 11 is 0. The van der Waals surface area contributed by atoms with E-state index in [-0.39, 0.29) is 20.3 Å². The zero-order chi connectivity index (χ0) is 30.7. The Bertz CT molecular complexity index is 1640. The summed E-state index contributed by atoms with van der Waals surface area (Å²) in [5.74, 6) is 2.13. The van der Waals surface area contributed by atoms with Crippen molar-refractivity contribution in [3.05, 3.63) is 114 Å². The molecule has 3 aliphatic rings. The molecule has 0 radical (unpaired) electrons. The summed E-state index contributed by atoms with van der Waals surface area (Å²) in [4.78, 5) is 0. The molecule has 4 N–H and O–H groups in total. The fourth-order valence-corrected chi connectivity index (χ4v) is 7.69. The molecule has 3 saturated heterocycles. The molecule has 2 bridgehead atoms. The standard InChI is InChI=1S/C34H40B2N2O6/c1-2-24-20-38(21-27-8-4-6-10-33(27)44-36-42)16-14-25(24)18-31(38)34(40)29-13-15-37(30-17-23(22-39)11-12-28(29)30)19-26-7-3-5-9-32(26)43-35-41/h2-13,15,17,24-25,31,34-36,39-42H,1,14,16,18-22H2/q+2. The SMILES string of the molecule is C=CC1C[N+]2(Cc3ccccc3OBO)CCC1CC2C(O)c1cc[n+](Cc2ccccc2OBO)c2cc(CO)ccc12. The predicted molar refractivity (Wildman–Crippen MR) is 171 cm³/mol. The first-order chi connectivity index (χ1) is 21.5. The van der Waals surface area contributed by atoms with Gasteiger partial charge in [-0.2, -0.15) is 4.57 Å². The minimum Gasteiger partial charge on any atom is -0.538 e. The Kier molecular flexibility index (Phi) is 9.07. The van der Waals surface area contributed by atoms with Crippen LogP contribution in [0.3, 0.4) is 0 Å². The van der Waals surface area contributed by atoms with Gasteiger partial charge >= 0.3 is 15.4 Å². The molecule has 44 heavy (non-hydrogen) atoms. The van der Waals surface area contributed by atoms with Crippen LogP contribution in [0.25, 0.3) is 10.9 Å². The van der Waals surface area contributed by atoms with Gasteiger partial charge < -0.3 is 34.1 Å². The number of hydrogen-bond acceptors (Lipinski definition) is 6. The average Bonchev–Trinajstić information content (AvgIpc) is 3.06. The Balaban J connectivity index is 1.41. The van der Waals surface area contributed by atoms with E-state index in [1.165, 1.54) is 0 Å². The number of hydrogen-bond donors (Lipinski definition) is 4. The number of aromatic nitrogens is 1. The van der Waals surface area contributed by atoms with Crippen molar-refractivity contribution in [2.75, 3.05) is 13.1 Å². The van der Waals surface area contributed by atoms with Crippen molar-refractivity contribution in [2.24, 2.45) is 11.8 Å². The monoisotopic (exact) mass is 594 g/mol. The summed E-state index contributed by atoms with van der Waals surface area (Å²) in [5, 5.41) is 42.2. The van der Waals surface area contributed by atoms with E-state index in [1.807, 2.05) is 72.9 Å². The third-order valence-corrected chi connectivity index (χ3v) is 9.87. The summed E-state index contributed by atoms with van der Waals surface area (Å²) in [7, 11) is -0.795. The average molecular weight is 594 g/mol. The molecular formula is C34H40B2N2O6+2. The molecule has 0 aliphatic carbocycles. The van der Waals surface area contributed by atoms with E-state index in [1.54, 1.807) is 0 Å². The van der Waals surface area contributed by atoms with Crippen LogP contribution >= 0.6 is 0 Å². The Labute approximate surface area is 259 Å². The molecule has 226 valence electrons. The van der Waals surface area contributed by atoms with Gasteiger partial charge in [-0.1, -0.05) is 36.4 Å². The van der Waals surface area contributed by atoms with E-state index in [0.717, 1.165) is 63.6 Å². The van der Waals surface area contributed by atoms with Crippen molar-refractivity contribution in [1.82, 2.24) is 0 Å². The Hall–Kier alpha value is -3.66. The second kappa shape index (κ2) is 13.1.